The number of hydrogen-bond acceptors (Lipinski definition) is 3. The maximum Gasteiger partial charge on any atom is 0.143 e. The fourth-order valence-electron chi connectivity index (χ4n) is 8.16. The summed E-state index contributed by atoms with van der Waals surface area (Å²) < 4.78 is 13.0. The second kappa shape index (κ2) is 12.6. The van der Waals surface area contributed by atoms with Crippen LogP contribution < -0.4 is 4.90 Å². The molecule has 0 atom stereocenters. The lowest BCUT2D eigenvalue weighted by molar-refractivity contribution is 0.669. The summed E-state index contributed by atoms with van der Waals surface area (Å²) in [6.45, 7) is 0. The number of nitrogens with zero attached hydrogens (tertiary/aromatic N) is 1. The molecule has 3 heteroatoms. The van der Waals surface area contributed by atoms with Crippen LogP contribution in [0.25, 0.3) is 88.0 Å². The lowest BCUT2D eigenvalue weighted by Crippen LogP contribution is -2.11. The van der Waals surface area contributed by atoms with Crippen molar-refractivity contribution in [3.8, 4) is 33.4 Å². The fourth-order valence-corrected chi connectivity index (χ4v) is 8.16. The van der Waals surface area contributed by atoms with Crippen molar-refractivity contribution in [1.29, 1.82) is 0 Å². The zero-order valence-corrected chi connectivity index (χ0v) is 29.8. The van der Waals surface area contributed by atoms with Crippen LogP contribution >= 0.6 is 0 Å². The number of fused-ring (bicyclic) bond motifs is 7. The minimum Gasteiger partial charge on any atom is -0.456 e. The molecule has 0 N–H and O–H groups in total. The molecule has 0 amide bonds. The Hall–Kier alpha value is -7.36. The average Bonchev–Trinajstić information content (AvgIpc) is 3.81. The Morgan fingerprint density at radius 2 is 0.873 bits per heavy atom. The van der Waals surface area contributed by atoms with Gasteiger partial charge >= 0.3 is 0 Å². The van der Waals surface area contributed by atoms with E-state index < -0.39 is 0 Å². The van der Waals surface area contributed by atoms with Gasteiger partial charge in [-0.15, -0.1) is 0 Å². The van der Waals surface area contributed by atoms with Gasteiger partial charge in [-0.25, -0.2) is 0 Å². The quantitative estimate of drug-likeness (QED) is 0.173. The molecule has 55 heavy (non-hydrogen) atoms. The van der Waals surface area contributed by atoms with Crippen molar-refractivity contribution in [1.82, 2.24) is 0 Å². The molecule has 0 saturated heterocycles. The summed E-state index contributed by atoms with van der Waals surface area (Å²) in [5.41, 5.74) is 13.5. The molecule has 9 aromatic carbocycles. The second-order valence-corrected chi connectivity index (χ2v) is 14.1. The summed E-state index contributed by atoms with van der Waals surface area (Å²) in [6.07, 6.45) is 0. The largest absolute Gasteiger partial charge is 0.456 e. The van der Waals surface area contributed by atoms with Gasteiger partial charge in [0.15, 0.2) is 0 Å². The predicted octanol–water partition coefficient (Wildman–Crippen LogP) is 15.1. The van der Waals surface area contributed by atoms with Crippen LogP contribution in [0.3, 0.4) is 0 Å². The molecule has 0 radical (unpaired) electrons. The standard InChI is InChI=1S/C52H33NO2/c1-2-11-34(12-3-1)35-21-26-40(27-22-35)53(41-28-23-36(24-29-41)39-25-30-44-43-16-7-9-20-49(43)54-50(44)33-39)48-19-8-6-15-42(48)45-17-10-18-46-47-31-37-13-4-5-14-38(37)32-51(47)55-52(45)46/h1-33H. The second-order valence-electron chi connectivity index (χ2n) is 14.1. The van der Waals surface area contributed by atoms with Crippen molar-refractivity contribution in [3.63, 3.8) is 0 Å². The van der Waals surface area contributed by atoms with E-state index in [4.69, 9.17) is 8.83 Å². The number of para-hydroxylation sites is 3. The maximum atomic E-state index is 6.75. The molecule has 0 aliphatic rings. The number of hydrogen-bond donors (Lipinski definition) is 0. The molecule has 11 rings (SSSR count). The minimum absolute atomic E-state index is 0.885. The zero-order chi connectivity index (χ0) is 36.3. The molecule has 0 spiro atoms. The Morgan fingerprint density at radius 3 is 1.67 bits per heavy atom. The Labute approximate surface area is 317 Å². The summed E-state index contributed by atoms with van der Waals surface area (Å²) >= 11 is 0. The normalized spacial score (nSPS) is 11.6. The lowest BCUT2D eigenvalue weighted by Gasteiger charge is -2.28. The molecule has 0 saturated carbocycles. The van der Waals surface area contributed by atoms with E-state index in [0.29, 0.717) is 0 Å². The molecule has 2 aromatic heterocycles. The molecule has 0 aliphatic carbocycles. The maximum absolute atomic E-state index is 6.75. The van der Waals surface area contributed by atoms with Crippen LogP contribution in [0.4, 0.5) is 17.1 Å². The van der Waals surface area contributed by atoms with E-state index >= 15 is 0 Å². The number of benzene rings is 9. The number of rotatable bonds is 6. The van der Waals surface area contributed by atoms with E-state index in [2.05, 4.69) is 193 Å². The molecule has 258 valence electrons. The topological polar surface area (TPSA) is 29.5 Å². The Morgan fingerprint density at radius 1 is 0.309 bits per heavy atom. The van der Waals surface area contributed by atoms with Crippen LogP contribution in [0.2, 0.25) is 0 Å². The molecular formula is C52H33NO2. The third kappa shape index (κ3) is 5.28. The number of anilines is 3. The van der Waals surface area contributed by atoms with Crippen LogP contribution in [0.1, 0.15) is 0 Å². The van der Waals surface area contributed by atoms with Crippen molar-refractivity contribution in [2.24, 2.45) is 0 Å². The first kappa shape index (κ1) is 31.2. The molecule has 3 nitrogen and oxygen atoms in total. The monoisotopic (exact) mass is 703 g/mol. The van der Waals surface area contributed by atoms with E-state index in [0.717, 1.165) is 83.2 Å². The van der Waals surface area contributed by atoms with Gasteiger partial charge in [0, 0.05) is 44.0 Å². The summed E-state index contributed by atoms with van der Waals surface area (Å²) in [4.78, 5) is 2.35. The Balaban J connectivity index is 1.06. The molecular weight excluding hydrogens is 671 g/mol. The smallest absolute Gasteiger partial charge is 0.143 e. The highest BCUT2D eigenvalue weighted by Crippen LogP contribution is 2.45. The molecule has 11 aromatic rings. The van der Waals surface area contributed by atoms with Gasteiger partial charge in [0.05, 0.1) is 5.69 Å². The van der Waals surface area contributed by atoms with Gasteiger partial charge in [-0.2, -0.15) is 0 Å². The van der Waals surface area contributed by atoms with Gasteiger partial charge in [-0.3, -0.25) is 0 Å². The molecule has 2 heterocycles. The third-order valence-corrected chi connectivity index (χ3v) is 10.9. The van der Waals surface area contributed by atoms with Crippen molar-refractivity contribution in [3.05, 3.63) is 200 Å². The fraction of sp³-hybridized carbons (Fsp3) is 0. The third-order valence-electron chi connectivity index (χ3n) is 10.9. The zero-order valence-electron chi connectivity index (χ0n) is 29.8. The van der Waals surface area contributed by atoms with Crippen LogP contribution in [0.15, 0.2) is 209 Å². The van der Waals surface area contributed by atoms with Gasteiger partial charge in [-0.05, 0) is 93.7 Å². The van der Waals surface area contributed by atoms with Gasteiger partial charge in [0.25, 0.3) is 0 Å². The van der Waals surface area contributed by atoms with E-state index in [-0.39, 0.29) is 0 Å². The summed E-state index contributed by atoms with van der Waals surface area (Å²) in [6, 6.07) is 71.0. The van der Waals surface area contributed by atoms with Crippen LogP contribution in [-0.4, -0.2) is 0 Å². The highest BCUT2D eigenvalue weighted by molar-refractivity contribution is 6.14. The van der Waals surface area contributed by atoms with Gasteiger partial charge in [0.1, 0.15) is 22.3 Å². The van der Waals surface area contributed by atoms with Crippen LogP contribution in [-0.2, 0) is 0 Å². The van der Waals surface area contributed by atoms with Crippen molar-refractivity contribution in [2.45, 2.75) is 0 Å². The highest BCUT2D eigenvalue weighted by Gasteiger charge is 2.21. The summed E-state index contributed by atoms with van der Waals surface area (Å²) in [5, 5.41) is 6.87. The van der Waals surface area contributed by atoms with Gasteiger partial charge < -0.3 is 13.7 Å². The predicted molar refractivity (Wildman–Crippen MR) is 229 cm³/mol. The minimum atomic E-state index is 0.885. The van der Waals surface area contributed by atoms with Crippen molar-refractivity contribution >= 4 is 71.7 Å². The Kier molecular flexibility index (Phi) is 7.17. The molecule has 0 fully saturated rings. The van der Waals surface area contributed by atoms with Crippen molar-refractivity contribution in [2.75, 3.05) is 4.90 Å². The van der Waals surface area contributed by atoms with Crippen LogP contribution in [0, 0.1) is 0 Å². The number of furan rings is 2. The molecule has 0 aliphatic heterocycles. The van der Waals surface area contributed by atoms with Crippen molar-refractivity contribution < 1.29 is 8.83 Å². The first-order valence-electron chi connectivity index (χ1n) is 18.7. The SMILES string of the molecule is c1ccc(-c2ccc(N(c3ccc(-c4ccc5c(c4)oc4ccccc45)cc3)c3ccccc3-c3cccc4c3oc3cc5ccccc5cc34)cc2)cc1. The lowest BCUT2D eigenvalue weighted by atomic mass is 9.98. The molecule has 0 unspecified atom stereocenters. The van der Waals surface area contributed by atoms with E-state index in [9.17, 15) is 0 Å². The summed E-state index contributed by atoms with van der Waals surface area (Å²) in [7, 11) is 0. The van der Waals surface area contributed by atoms with Gasteiger partial charge in [0.2, 0.25) is 0 Å². The average molecular weight is 704 g/mol. The van der Waals surface area contributed by atoms with E-state index in [1.807, 2.05) is 12.1 Å². The summed E-state index contributed by atoms with van der Waals surface area (Å²) in [5.74, 6) is 0. The molecule has 0 bridgehead atoms. The van der Waals surface area contributed by atoms with E-state index in [1.54, 1.807) is 0 Å². The van der Waals surface area contributed by atoms with Crippen LogP contribution in [0.5, 0.6) is 0 Å². The van der Waals surface area contributed by atoms with Gasteiger partial charge in [-0.1, -0.05) is 140 Å². The highest BCUT2D eigenvalue weighted by atomic mass is 16.3. The first-order chi connectivity index (χ1) is 27.2. The first-order valence-corrected chi connectivity index (χ1v) is 18.7. The van der Waals surface area contributed by atoms with E-state index in [1.165, 1.54) is 21.9 Å². The Bertz CT molecular complexity index is 3190.